The summed E-state index contributed by atoms with van der Waals surface area (Å²) in [6.45, 7) is 21.6. The van der Waals surface area contributed by atoms with Crippen LogP contribution in [0.2, 0.25) is 10.0 Å². The number of aryl methyl sites for hydroxylation is 2. The van der Waals surface area contributed by atoms with Crippen LogP contribution in [-0.2, 0) is 62.8 Å². The van der Waals surface area contributed by atoms with Crippen molar-refractivity contribution < 1.29 is 66.9 Å². The topological polar surface area (TPSA) is 208 Å². The number of aliphatic carboxylic acids is 1. The fourth-order valence-corrected chi connectivity index (χ4v) is 14.6. The average Bonchev–Trinajstić information content (AvgIpc) is 1.73. The SMILES string of the molecule is CC(C)(C)OC(=O)N1CC2(C1)CN(c1ccc(-c3cc(Cl)c4c(c3)C(=O)N(C(C(=O)[O-])c3ncn5c3CCC5)C4)cc1)C2.CCOC(=O)C(c1ncn2c1CCC2)N1Cc2c(Cl)cc(-c3ccc(N4CC5(CN(C(=O)OC(C)(C)C)C5)C4)cc3)cc2C1=O.[Li+]. The van der Waals surface area contributed by atoms with Crippen LogP contribution in [0.15, 0.2) is 85.5 Å². The molecule has 14 rings (SSSR count). The van der Waals surface area contributed by atoms with E-state index >= 15 is 0 Å². The van der Waals surface area contributed by atoms with E-state index in [1.165, 1.54) is 4.90 Å². The number of esters is 1. The normalized spacial score (nSPS) is 18.8. The van der Waals surface area contributed by atoms with Gasteiger partial charge in [-0.15, -0.1) is 0 Å². The summed E-state index contributed by atoms with van der Waals surface area (Å²) in [6.07, 6.45) is 6.31. The Balaban J connectivity index is 0.000000171. The number of hydrogen-bond donors (Lipinski definition) is 0. The smallest absolute Gasteiger partial charge is 0.547 e. The first-order chi connectivity index (χ1) is 41.9. The summed E-state index contributed by atoms with van der Waals surface area (Å²) < 4.78 is 20.4. The first-order valence-corrected chi connectivity index (χ1v) is 31.0. The van der Waals surface area contributed by atoms with Gasteiger partial charge in [-0.3, -0.25) is 9.59 Å². The first-order valence-electron chi connectivity index (χ1n) is 30.3. The molecule has 460 valence electrons. The summed E-state index contributed by atoms with van der Waals surface area (Å²) in [5.74, 6) is -2.48. The summed E-state index contributed by atoms with van der Waals surface area (Å²) in [6, 6.07) is 21.5. The van der Waals surface area contributed by atoms with Gasteiger partial charge < -0.3 is 62.6 Å². The summed E-state index contributed by atoms with van der Waals surface area (Å²) in [4.78, 5) is 97.6. The van der Waals surface area contributed by atoms with Crippen LogP contribution in [0.25, 0.3) is 22.3 Å². The minimum absolute atomic E-state index is 0. The van der Waals surface area contributed by atoms with Crippen LogP contribution in [-0.4, -0.2) is 145 Å². The number of likely N-dealkylation sites (tertiary alicyclic amines) is 2. The van der Waals surface area contributed by atoms with E-state index in [1.807, 2.05) is 101 Å². The molecule has 4 aromatic carbocycles. The van der Waals surface area contributed by atoms with Gasteiger partial charge in [0.15, 0.2) is 6.04 Å². The number of carboxylic acid groups (broad SMARTS) is 1. The van der Waals surface area contributed by atoms with Crippen LogP contribution < -0.4 is 33.8 Å². The molecule has 4 saturated heterocycles. The molecule has 0 aliphatic carbocycles. The monoisotopic (exact) mass is 1240 g/mol. The van der Waals surface area contributed by atoms with Crippen molar-refractivity contribution in [3.8, 4) is 22.3 Å². The molecule has 2 spiro atoms. The fraction of sp³-hybridized carbons (Fsp3) is 0.455. The van der Waals surface area contributed by atoms with Gasteiger partial charge in [0, 0.05) is 144 Å². The third kappa shape index (κ3) is 11.5. The second-order valence-corrected chi connectivity index (χ2v) is 27.8. The number of benzene rings is 4. The summed E-state index contributed by atoms with van der Waals surface area (Å²) in [5, 5.41) is 13.2. The molecule has 2 unspecified atom stereocenters. The Morgan fingerprint density at radius 3 is 1.36 bits per heavy atom. The van der Waals surface area contributed by atoms with Crippen LogP contribution in [0.4, 0.5) is 21.0 Å². The minimum atomic E-state index is -1.35. The number of rotatable bonds is 11. The number of amides is 4. The van der Waals surface area contributed by atoms with Gasteiger partial charge in [-0.25, -0.2) is 24.4 Å². The van der Waals surface area contributed by atoms with Gasteiger partial charge in [0.2, 0.25) is 0 Å². The summed E-state index contributed by atoms with van der Waals surface area (Å²) in [5.41, 5.74) is 9.93. The van der Waals surface area contributed by atoms with E-state index in [-0.39, 0.29) is 67.5 Å². The number of fused-ring (bicyclic) bond motifs is 4. The Bertz CT molecular complexity index is 3830. The zero-order valence-corrected chi connectivity index (χ0v) is 53.1. The van der Waals surface area contributed by atoms with Gasteiger partial charge in [-0.1, -0.05) is 47.5 Å². The molecule has 89 heavy (non-hydrogen) atoms. The number of nitrogens with zero attached hydrogens (tertiary/aromatic N) is 10. The van der Waals surface area contributed by atoms with Crippen molar-refractivity contribution in [2.75, 3.05) is 68.8 Å². The van der Waals surface area contributed by atoms with Crippen molar-refractivity contribution in [2.24, 2.45) is 10.8 Å². The number of carboxylic acids is 1. The number of imidazole rings is 2. The molecule has 4 amide bonds. The average molecular weight is 1240 g/mol. The minimum Gasteiger partial charge on any atom is -0.547 e. The second-order valence-electron chi connectivity index (χ2n) is 26.9. The molecule has 8 aliphatic heterocycles. The molecular formula is C66H71Cl2LiN10O10. The number of anilines is 2. The van der Waals surface area contributed by atoms with Crippen LogP contribution in [0.3, 0.4) is 0 Å². The number of carbonyl (C=O) groups is 6. The predicted octanol–water partition coefficient (Wildman–Crippen LogP) is 6.12. The van der Waals surface area contributed by atoms with E-state index < -0.39 is 41.1 Å². The predicted molar refractivity (Wildman–Crippen MR) is 327 cm³/mol. The third-order valence-electron chi connectivity index (χ3n) is 18.1. The summed E-state index contributed by atoms with van der Waals surface area (Å²) >= 11 is 13.5. The molecule has 2 atom stereocenters. The van der Waals surface area contributed by atoms with Gasteiger partial charge >= 0.3 is 37.0 Å². The van der Waals surface area contributed by atoms with Gasteiger partial charge in [-0.2, -0.15) is 0 Å². The Hall–Kier alpha value is -7.50. The summed E-state index contributed by atoms with van der Waals surface area (Å²) in [7, 11) is 0. The Morgan fingerprint density at radius 1 is 0.584 bits per heavy atom. The van der Waals surface area contributed by atoms with Crippen LogP contribution in [0, 0.1) is 10.8 Å². The van der Waals surface area contributed by atoms with Gasteiger partial charge in [0.05, 0.1) is 36.6 Å². The molecule has 23 heteroatoms. The maximum Gasteiger partial charge on any atom is 1.00 e. The molecule has 6 aromatic rings. The standard InChI is InChI=1S/C34H38ClN5O5.C32H34ClN5O5.Li/c1-5-44-31(42)29(28-27-7-6-12-37(27)20-36-28)40-15-25-24(30(40)41)13-22(14-26(25)35)21-8-10-23(11-9-21)38-16-34(17-38)18-39(19-34)32(43)45-33(2,3)4;1-31(2,3)43-30(42)37-16-32(17-37)14-36(15-32)21-8-6-19(7-9-21)20-11-22-23(24(33)12-20)13-38(28(22)39)27(29(40)41)26-25-5-4-10-35(25)18-34-26;/h8-11,13-14,20,29H,5-7,12,15-19H2,1-4H3;6-9,11-12,18,27H,4-5,10,13-17H2,1-3H3,(H,40,41);/q;;+1/p-1. The number of ether oxygens (including phenoxy) is 3. The van der Waals surface area contributed by atoms with Gasteiger partial charge in [-0.05, 0) is 145 Å². The van der Waals surface area contributed by atoms with Crippen molar-refractivity contribution in [3.05, 3.63) is 141 Å². The van der Waals surface area contributed by atoms with E-state index in [0.29, 0.717) is 56.8 Å². The maximum absolute atomic E-state index is 13.9. The largest absolute Gasteiger partial charge is 1.00 e. The molecule has 2 aromatic heterocycles. The van der Waals surface area contributed by atoms with Crippen LogP contribution in [0.1, 0.15) is 128 Å². The molecule has 4 fully saturated rings. The molecule has 8 aliphatic rings. The van der Waals surface area contributed by atoms with Crippen LogP contribution >= 0.6 is 23.2 Å². The third-order valence-corrected chi connectivity index (χ3v) is 18.8. The zero-order chi connectivity index (χ0) is 61.9. The van der Waals surface area contributed by atoms with E-state index in [0.717, 1.165) is 123 Å². The second kappa shape index (κ2) is 23.1. The van der Waals surface area contributed by atoms with E-state index in [2.05, 4.69) is 36.5 Å². The van der Waals surface area contributed by atoms with Gasteiger partial charge in [0.1, 0.15) is 17.2 Å². The van der Waals surface area contributed by atoms with E-state index in [1.54, 1.807) is 40.3 Å². The Labute approximate surface area is 539 Å². The zero-order valence-electron chi connectivity index (χ0n) is 51.6. The van der Waals surface area contributed by atoms with Crippen molar-refractivity contribution in [1.29, 1.82) is 0 Å². The quantitative estimate of drug-likeness (QED) is 0.0814. The Morgan fingerprint density at radius 2 is 0.978 bits per heavy atom. The molecule has 0 saturated carbocycles. The number of carbonyl (C=O) groups excluding carboxylic acids is 6. The molecule has 0 radical (unpaired) electrons. The van der Waals surface area contributed by atoms with E-state index in [9.17, 15) is 33.9 Å². The van der Waals surface area contributed by atoms with E-state index in [4.69, 9.17) is 37.4 Å². The number of aromatic nitrogens is 4. The molecule has 20 nitrogen and oxygen atoms in total. The maximum atomic E-state index is 13.9. The molecule has 0 bridgehead atoms. The number of halogens is 2. The van der Waals surface area contributed by atoms with Crippen molar-refractivity contribution in [3.63, 3.8) is 0 Å². The number of hydrogen-bond acceptors (Lipinski definition) is 14. The van der Waals surface area contributed by atoms with Crippen LogP contribution in [0.5, 0.6) is 0 Å². The fourth-order valence-electron chi connectivity index (χ4n) is 14.0. The van der Waals surface area contributed by atoms with Crippen molar-refractivity contribution in [1.82, 2.24) is 38.7 Å². The van der Waals surface area contributed by atoms with Crippen molar-refractivity contribution in [2.45, 2.75) is 124 Å². The van der Waals surface area contributed by atoms with Gasteiger partial charge in [0.25, 0.3) is 11.8 Å². The molecule has 0 N–H and O–H groups in total. The molecule has 10 heterocycles. The Kier molecular flexibility index (Phi) is 16.0. The van der Waals surface area contributed by atoms with Crippen molar-refractivity contribution >= 4 is 70.5 Å². The molecular weight excluding hydrogens is 1170 g/mol. The first kappa shape index (κ1) is 61.7.